The maximum absolute atomic E-state index is 11.8. The minimum Gasteiger partial charge on any atom is -0.371 e. The summed E-state index contributed by atoms with van der Waals surface area (Å²) in [5.74, 6) is 0.798. The number of nitrogens with one attached hydrogen (secondary N) is 1. The van der Waals surface area contributed by atoms with Gasteiger partial charge in [-0.25, -0.2) is 0 Å². The Kier molecular flexibility index (Phi) is 2.40. The van der Waals surface area contributed by atoms with Crippen molar-refractivity contribution in [2.45, 2.75) is 18.4 Å². The smallest absolute Gasteiger partial charge is 0.223 e. The number of benzene rings is 1. The van der Waals surface area contributed by atoms with Gasteiger partial charge in [0.2, 0.25) is 5.91 Å². The molecule has 1 amide bonds. The molecule has 84 valence electrons. The molecule has 2 fully saturated rings. The molecule has 0 radical (unpaired) electrons. The second-order valence-corrected chi connectivity index (χ2v) is 4.56. The Balaban J connectivity index is 1.52. The van der Waals surface area contributed by atoms with Gasteiger partial charge in [0.15, 0.2) is 0 Å². The van der Waals surface area contributed by atoms with Crippen LogP contribution in [0.25, 0.3) is 0 Å². The maximum Gasteiger partial charge on any atom is 0.223 e. The standard InChI is InChI=1S/C13H15NO2/c15-13(14-7-10-8-16-10)12-6-11(12)9-4-2-1-3-5-9/h1-5,10-12H,6-8H2,(H,14,15)/t10-,11+,12-/m1/s1. The van der Waals surface area contributed by atoms with Gasteiger partial charge in [-0.1, -0.05) is 30.3 Å². The maximum atomic E-state index is 11.8. The summed E-state index contributed by atoms with van der Waals surface area (Å²) in [5.41, 5.74) is 1.28. The summed E-state index contributed by atoms with van der Waals surface area (Å²) >= 11 is 0. The summed E-state index contributed by atoms with van der Waals surface area (Å²) in [6.45, 7) is 1.48. The highest BCUT2D eigenvalue weighted by Gasteiger charge is 2.44. The van der Waals surface area contributed by atoms with Gasteiger partial charge in [0.05, 0.1) is 12.7 Å². The van der Waals surface area contributed by atoms with Gasteiger partial charge in [0.25, 0.3) is 0 Å². The summed E-state index contributed by atoms with van der Waals surface area (Å²) in [6, 6.07) is 10.3. The van der Waals surface area contributed by atoms with Crippen molar-refractivity contribution in [3.63, 3.8) is 0 Å². The van der Waals surface area contributed by atoms with E-state index in [2.05, 4.69) is 17.4 Å². The molecule has 1 aromatic rings. The van der Waals surface area contributed by atoms with Gasteiger partial charge in [0, 0.05) is 12.5 Å². The van der Waals surface area contributed by atoms with Crippen LogP contribution in [0, 0.1) is 5.92 Å². The van der Waals surface area contributed by atoms with Crippen LogP contribution in [0.2, 0.25) is 0 Å². The van der Waals surface area contributed by atoms with Crippen LogP contribution < -0.4 is 5.32 Å². The van der Waals surface area contributed by atoms with E-state index in [9.17, 15) is 4.79 Å². The minimum absolute atomic E-state index is 0.182. The quantitative estimate of drug-likeness (QED) is 0.772. The van der Waals surface area contributed by atoms with Crippen LogP contribution in [0.4, 0.5) is 0 Å². The average molecular weight is 217 g/mol. The zero-order valence-electron chi connectivity index (χ0n) is 9.06. The van der Waals surface area contributed by atoms with Gasteiger partial charge in [-0.05, 0) is 17.9 Å². The fraction of sp³-hybridized carbons (Fsp3) is 0.462. The summed E-state index contributed by atoms with van der Waals surface area (Å²) in [4.78, 5) is 11.8. The number of rotatable bonds is 4. The number of hydrogen-bond donors (Lipinski definition) is 1. The lowest BCUT2D eigenvalue weighted by Crippen LogP contribution is -2.29. The highest BCUT2D eigenvalue weighted by molar-refractivity contribution is 5.82. The number of amides is 1. The number of epoxide rings is 1. The summed E-state index contributed by atoms with van der Waals surface area (Å²) < 4.78 is 5.06. The van der Waals surface area contributed by atoms with Crippen LogP contribution in [0.5, 0.6) is 0 Å². The van der Waals surface area contributed by atoms with Crippen molar-refractivity contribution in [1.29, 1.82) is 0 Å². The van der Waals surface area contributed by atoms with Crippen LogP contribution in [-0.4, -0.2) is 25.2 Å². The molecular formula is C13H15NO2. The number of hydrogen-bond acceptors (Lipinski definition) is 2. The number of carbonyl (C=O) groups excluding carboxylic acids is 1. The predicted octanol–water partition coefficient (Wildman–Crippen LogP) is 1.31. The van der Waals surface area contributed by atoms with Crippen molar-refractivity contribution in [1.82, 2.24) is 5.32 Å². The number of ether oxygens (including phenoxy) is 1. The molecule has 3 rings (SSSR count). The Labute approximate surface area is 94.8 Å². The van der Waals surface area contributed by atoms with E-state index in [1.54, 1.807) is 0 Å². The first kappa shape index (κ1) is 9.85. The van der Waals surface area contributed by atoms with Crippen LogP contribution in [0.1, 0.15) is 17.9 Å². The van der Waals surface area contributed by atoms with E-state index in [4.69, 9.17) is 4.74 Å². The van der Waals surface area contributed by atoms with Crippen molar-refractivity contribution in [2.24, 2.45) is 5.92 Å². The lowest BCUT2D eigenvalue weighted by molar-refractivity contribution is -0.122. The number of carbonyl (C=O) groups is 1. The highest BCUT2D eigenvalue weighted by Crippen LogP contribution is 2.47. The summed E-state index contributed by atoms with van der Waals surface area (Å²) in [7, 11) is 0. The van der Waals surface area contributed by atoms with E-state index in [-0.39, 0.29) is 17.9 Å². The van der Waals surface area contributed by atoms with E-state index >= 15 is 0 Å². The molecule has 3 nitrogen and oxygen atoms in total. The van der Waals surface area contributed by atoms with Gasteiger partial charge in [0.1, 0.15) is 0 Å². The summed E-state index contributed by atoms with van der Waals surface area (Å²) in [5, 5.41) is 2.94. The second-order valence-electron chi connectivity index (χ2n) is 4.56. The molecule has 3 atom stereocenters. The topological polar surface area (TPSA) is 41.6 Å². The van der Waals surface area contributed by atoms with E-state index in [0.29, 0.717) is 12.5 Å². The Morgan fingerprint density at radius 1 is 1.38 bits per heavy atom. The van der Waals surface area contributed by atoms with Gasteiger partial charge in [-0.3, -0.25) is 4.79 Å². The molecule has 1 aliphatic heterocycles. The fourth-order valence-corrected chi connectivity index (χ4v) is 2.08. The molecule has 1 aliphatic carbocycles. The van der Waals surface area contributed by atoms with Gasteiger partial charge in [-0.2, -0.15) is 0 Å². The molecule has 1 heterocycles. The fourth-order valence-electron chi connectivity index (χ4n) is 2.08. The first-order valence-corrected chi connectivity index (χ1v) is 5.79. The monoisotopic (exact) mass is 217 g/mol. The van der Waals surface area contributed by atoms with Crippen LogP contribution in [0.3, 0.4) is 0 Å². The van der Waals surface area contributed by atoms with E-state index in [1.807, 2.05) is 18.2 Å². The zero-order valence-corrected chi connectivity index (χ0v) is 9.06. The van der Waals surface area contributed by atoms with Crippen LogP contribution >= 0.6 is 0 Å². The lowest BCUT2D eigenvalue weighted by atomic mass is 10.1. The van der Waals surface area contributed by atoms with Crippen molar-refractivity contribution in [3.8, 4) is 0 Å². The third-order valence-electron chi connectivity index (χ3n) is 3.26. The molecule has 3 heteroatoms. The van der Waals surface area contributed by atoms with E-state index < -0.39 is 0 Å². The third-order valence-corrected chi connectivity index (χ3v) is 3.26. The lowest BCUT2D eigenvalue weighted by Gasteiger charge is -2.02. The average Bonchev–Trinajstić information content (AvgIpc) is 3.19. The normalized spacial score (nSPS) is 30.9. The molecule has 1 saturated heterocycles. The van der Waals surface area contributed by atoms with Crippen molar-refractivity contribution < 1.29 is 9.53 Å². The van der Waals surface area contributed by atoms with Crippen LogP contribution in [-0.2, 0) is 9.53 Å². The minimum atomic E-state index is 0.182. The second kappa shape index (κ2) is 3.91. The molecule has 0 spiro atoms. The predicted molar refractivity (Wildman–Crippen MR) is 60.0 cm³/mol. The zero-order chi connectivity index (χ0) is 11.0. The van der Waals surface area contributed by atoms with Gasteiger partial charge < -0.3 is 10.1 Å². The third kappa shape index (κ3) is 2.09. The SMILES string of the molecule is O=C(NC[C@@H]1CO1)[C@@H]1C[C@H]1c1ccccc1. The Morgan fingerprint density at radius 2 is 2.12 bits per heavy atom. The highest BCUT2D eigenvalue weighted by atomic mass is 16.6. The molecule has 0 unspecified atom stereocenters. The molecule has 1 N–H and O–H groups in total. The van der Waals surface area contributed by atoms with Gasteiger partial charge >= 0.3 is 0 Å². The molecule has 0 aromatic heterocycles. The van der Waals surface area contributed by atoms with Crippen molar-refractivity contribution in [3.05, 3.63) is 35.9 Å². The van der Waals surface area contributed by atoms with E-state index in [1.165, 1.54) is 5.56 Å². The van der Waals surface area contributed by atoms with Crippen LogP contribution in [0.15, 0.2) is 30.3 Å². The summed E-state index contributed by atoms with van der Waals surface area (Å²) in [6.07, 6.45) is 1.26. The molecule has 0 bridgehead atoms. The van der Waals surface area contributed by atoms with Crippen molar-refractivity contribution >= 4 is 5.91 Å². The first-order valence-electron chi connectivity index (χ1n) is 5.79. The molecule has 1 saturated carbocycles. The Morgan fingerprint density at radius 3 is 2.81 bits per heavy atom. The Bertz CT molecular complexity index is 386. The molecule has 2 aliphatic rings. The van der Waals surface area contributed by atoms with E-state index in [0.717, 1.165) is 13.0 Å². The molecular weight excluding hydrogens is 202 g/mol. The molecule has 16 heavy (non-hydrogen) atoms. The first-order chi connectivity index (χ1) is 7.84. The largest absolute Gasteiger partial charge is 0.371 e. The Hall–Kier alpha value is -1.35. The van der Waals surface area contributed by atoms with Crippen molar-refractivity contribution in [2.75, 3.05) is 13.2 Å². The van der Waals surface area contributed by atoms with Gasteiger partial charge in [-0.15, -0.1) is 0 Å². The molecule has 1 aromatic carbocycles.